The van der Waals surface area contributed by atoms with E-state index in [1.165, 1.54) is 6.21 Å². The molecule has 0 spiro atoms. The summed E-state index contributed by atoms with van der Waals surface area (Å²) in [6, 6.07) is 25.0. The second kappa shape index (κ2) is 12.6. The molecule has 38 heavy (non-hydrogen) atoms. The summed E-state index contributed by atoms with van der Waals surface area (Å²) in [5, 5.41) is 4.32. The van der Waals surface area contributed by atoms with Gasteiger partial charge in [0.15, 0.2) is 12.4 Å². The number of carbonyl (C=O) groups is 2. The number of hydrazone groups is 1. The topological polar surface area (TPSA) is 81.9 Å². The molecule has 7 nitrogen and oxygen atoms in total. The van der Waals surface area contributed by atoms with Crippen LogP contribution in [0.15, 0.2) is 88.4 Å². The Morgan fingerprint density at radius 1 is 1.05 bits per heavy atom. The highest BCUT2D eigenvalue weighted by Gasteiger charge is 2.13. The van der Waals surface area contributed by atoms with Crippen molar-refractivity contribution in [2.24, 2.45) is 5.10 Å². The maximum Gasteiger partial charge on any atom is 0.344 e. The van der Waals surface area contributed by atoms with Gasteiger partial charge in [0.1, 0.15) is 0 Å². The summed E-state index contributed by atoms with van der Waals surface area (Å²) in [5.41, 5.74) is 7.86. The molecule has 1 N–H and O–H groups in total. The molecular formula is C29H25BrClN3O4. The second-order valence-corrected chi connectivity index (χ2v) is 9.48. The first-order valence-electron chi connectivity index (χ1n) is 11.8. The molecule has 0 saturated carbocycles. The van der Waals surface area contributed by atoms with E-state index in [2.05, 4.69) is 55.3 Å². The highest BCUT2D eigenvalue weighted by Crippen LogP contribution is 2.34. The molecule has 0 saturated heterocycles. The number of hydrogen-bond acceptors (Lipinski definition) is 5. The number of benzene rings is 3. The number of aromatic nitrogens is 1. The van der Waals surface area contributed by atoms with Crippen molar-refractivity contribution in [2.75, 3.05) is 13.2 Å². The number of ether oxygens (including phenoxy) is 2. The smallest absolute Gasteiger partial charge is 0.344 e. The lowest BCUT2D eigenvalue weighted by atomic mass is 10.1. The number of nitrogens with one attached hydrogen (secondary N) is 1. The van der Waals surface area contributed by atoms with Crippen LogP contribution in [0.3, 0.4) is 0 Å². The Bertz CT molecular complexity index is 1440. The molecule has 1 amide bonds. The van der Waals surface area contributed by atoms with Crippen LogP contribution in [0.4, 0.5) is 0 Å². The molecule has 0 aliphatic heterocycles. The maximum atomic E-state index is 12.6. The van der Waals surface area contributed by atoms with Gasteiger partial charge in [0, 0.05) is 16.9 Å². The predicted molar refractivity (Wildman–Crippen MR) is 152 cm³/mol. The third-order valence-electron chi connectivity index (χ3n) is 5.57. The molecule has 1 heterocycles. The van der Waals surface area contributed by atoms with Gasteiger partial charge in [-0.2, -0.15) is 5.10 Å². The molecular weight excluding hydrogens is 570 g/mol. The van der Waals surface area contributed by atoms with Gasteiger partial charge in [0.05, 0.1) is 28.0 Å². The minimum atomic E-state index is -0.489. The Kier molecular flexibility index (Phi) is 8.99. The van der Waals surface area contributed by atoms with Crippen molar-refractivity contribution in [1.82, 2.24) is 9.99 Å². The first kappa shape index (κ1) is 27.2. The Morgan fingerprint density at radius 2 is 1.79 bits per heavy atom. The van der Waals surface area contributed by atoms with Crippen LogP contribution in [-0.4, -0.2) is 35.9 Å². The lowest BCUT2D eigenvalue weighted by Gasteiger charge is -2.12. The molecule has 0 aliphatic rings. The Balaban J connectivity index is 1.41. The van der Waals surface area contributed by atoms with Crippen LogP contribution in [0.5, 0.6) is 5.75 Å². The molecule has 4 rings (SSSR count). The summed E-state index contributed by atoms with van der Waals surface area (Å²) in [4.78, 5) is 24.2. The zero-order valence-corrected chi connectivity index (χ0v) is 23.1. The predicted octanol–water partition coefficient (Wildman–Crippen LogP) is 6.57. The van der Waals surface area contributed by atoms with E-state index >= 15 is 0 Å². The number of esters is 1. The summed E-state index contributed by atoms with van der Waals surface area (Å²) in [7, 11) is 0. The average molecular weight is 595 g/mol. The van der Waals surface area contributed by atoms with Crippen molar-refractivity contribution in [3.8, 4) is 22.7 Å². The van der Waals surface area contributed by atoms with Crippen molar-refractivity contribution in [3.63, 3.8) is 0 Å². The quantitative estimate of drug-likeness (QED) is 0.135. The van der Waals surface area contributed by atoms with Crippen LogP contribution in [0.25, 0.3) is 16.9 Å². The molecule has 194 valence electrons. The molecule has 0 radical (unpaired) electrons. The minimum Gasteiger partial charge on any atom is -0.479 e. The molecule has 0 bridgehead atoms. The highest BCUT2D eigenvalue weighted by atomic mass is 79.9. The van der Waals surface area contributed by atoms with E-state index in [1.54, 1.807) is 31.2 Å². The molecule has 0 unspecified atom stereocenters. The van der Waals surface area contributed by atoms with E-state index in [0.29, 0.717) is 21.3 Å². The summed E-state index contributed by atoms with van der Waals surface area (Å²) >= 11 is 9.67. The number of rotatable bonds is 9. The number of amides is 1. The van der Waals surface area contributed by atoms with E-state index in [0.717, 1.165) is 22.6 Å². The molecule has 1 aromatic heterocycles. The van der Waals surface area contributed by atoms with E-state index in [9.17, 15) is 9.59 Å². The number of halogens is 2. The van der Waals surface area contributed by atoms with Gasteiger partial charge in [0.25, 0.3) is 5.91 Å². The number of hydrogen-bond donors (Lipinski definition) is 1. The lowest BCUT2D eigenvalue weighted by molar-refractivity contribution is -0.145. The van der Waals surface area contributed by atoms with Gasteiger partial charge in [-0.05, 0) is 89.4 Å². The third kappa shape index (κ3) is 6.51. The standard InChI is InChI=1S/C29H25BrClN3O4/c1-3-37-27(35)18-38-28-24(30)15-20(16-25(28)31)17-32-33-29(36)22-10-12-23(13-11-22)34-19(2)9-14-26(34)21-7-5-4-6-8-21/h4-17H,3,18H2,1-2H3,(H,33,36)/b32-17+. The van der Waals surface area contributed by atoms with Crippen molar-refractivity contribution < 1.29 is 19.1 Å². The third-order valence-corrected chi connectivity index (χ3v) is 6.44. The van der Waals surface area contributed by atoms with E-state index in [-0.39, 0.29) is 24.1 Å². The van der Waals surface area contributed by atoms with Crippen LogP contribution in [0.1, 0.15) is 28.5 Å². The van der Waals surface area contributed by atoms with Crippen LogP contribution >= 0.6 is 27.5 Å². The van der Waals surface area contributed by atoms with Crippen molar-refractivity contribution >= 4 is 45.6 Å². The molecule has 3 aromatic carbocycles. The molecule has 0 fully saturated rings. The molecule has 0 aliphatic carbocycles. The number of nitrogens with zero attached hydrogens (tertiary/aromatic N) is 2. The summed E-state index contributed by atoms with van der Waals surface area (Å²) < 4.78 is 13.0. The number of aryl methyl sites for hydroxylation is 1. The number of carbonyl (C=O) groups excluding carboxylic acids is 2. The van der Waals surface area contributed by atoms with Crippen LogP contribution in [-0.2, 0) is 9.53 Å². The molecule has 4 aromatic rings. The van der Waals surface area contributed by atoms with Crippen molar-refractivity contribution in [1.29, 1.82) is 0 Å². The fourth-order valence-corrected chi connectivity index (χ4v) is 4.82. The largest absolute Gasteiger partial charge is 0.479 e. The van der Waals surface area contributed by atoms with Gasteiger partial charge in [-0.25, -0.2) is 10.2 Å². The van der Waals surface area contributed by atoms with Gasteiger partial charge in [-0.3, -0.25) is 4.79 Å². The first-order chi connectivity index (χ1) is 18.4. The highest BCUT2D eigenvalue weighted by molar-refractivity contribution is 9.10. The second-order valence-electron chi connectivity index (χ2n) is 8.21. The lowest BCUT2D eigenvalue weighted by Crippen LogP contribution is -2.17. The maximum absolute atomic E-state index is 12.6. The fraction of sp³-hybridized carbons (Fsp3) is 0.138. The normalized spacial score (nSPS) is 10.9. The van der Waals surface area contributed by atoms with Gasteiger partial charge in [0.2, 0.25) is 0 Å². The summed E-state index contributed by atoms with van der Waals surface area (Å²) in [6.45, 7) is 3.77. The Labute approximate surface area is 234 Å². The van der Waals surface area contributed by atoms with Gasteiger partial charge < -0.3 is 14.0 Å². The van der Waals surface area contributed by atoms with Crippen molar-refractivity contribution in [2.45, 2.75) is 13.8 Å². The summed E-state index contributed by atoms with van der Waals surface area (Å²) in [6.07, 6.45) is 1.47. The van der Waals surface area contributed by atoms with Crippen LogP contribution in [0.2, 0.25) is 5.02 Å². The van der Waals surface area contributed by atoms with Crippen molar-refractivity contribution in [3.05, 3.63) is 105 Å². The minimum absolute atomic E-state index is 0.258. The monoisotopic (exact) mass is 593 g/mol. The van der Waals surface area contributed by atoms with E-state index in [1.807, 2.05) is 37.3 Å². The van der Waals surface area contributed by atoms with E-state index in [4.69, 9.17) is 21.1 Å². The zero-order chi connectivity index (χ0) is 27.1. The summed E-state index contributed by atoms with van der Waals surface area (Å²) in [5.74, 6) is -0.522. The Hall–Kier alpha value is -3.88. The van der Waals surface area contributed by atoms with Crippen LogP contribution in [0, 0.1) is 6.92 Å². The van der Waals surface area contributed by atoms with Crippen LogP contribution < -0.4 is 10.2 Å². The molecule has 9 heteroatoms. The zero-order valence-electron chi connectivity index (χ0n) is 20.8. The van der Waals surface area contributed by atoms with Gasteiger partial charge in [-0.1, -0.05) is 41.9 Å². The van der Waals surface area contributed by atoms with Gasteiger partial charge >= 0.3 is 5.97 Å². The fourth-order valence-electron chi connectivity index (χ4n) is 3.83. The molecule has 0 atom stereocenters. The first-order valence-corrected chi connectivity index (χ1v) is 13.0. The Morgan fingerprint density at radius 3 is 2.47 bits per heavy atom. The SMILES string of the molecule is CCOC(=O)COc1c(Cl)cc(/C=N/NC(=O)c2ccc(-n3c(C)ccc3-c3ccccc3)cc2)cc1Br. The van der Waals surface area contributed by atoms with E-state index < -0.39 is 5.97 Å². The average Bonchev–Trinajstić information content (AvgIpc) is 3.30. The van der Waals surface area contributed by atoms with Gasteiger partial charge in [-0.15, -0.1) is 0 Å².